The second kappa shape index (κ2) is 9.31. The van der Waals surface area contributed by atoms with Crippen LogP contribution in [0.4, 0.5) is 4.39 Å². The van der Waals surface area contributed by atoms with Gasteiger partial charge in [0.2, 0.25) is 17.7 Å². The number of benzene rings is 2. The van der Waals surface area contributed by atoms with Crippen LogP contribution in [-0.2, 0) is 31.0 Å². The molecular weight excluding hydrogens is 427 g/mol. The molecule has 0 aliphatic carbocycles. The van der Waals surface area contributed by atoms with Crippen molar-refractivity contribution in [3.63, 3.8) is 0 Å². The molecule has 0 radical (unpaired) electrons. The topological polar surface area (TPSA) is 76.2 Å². The summed E-state index contributed by atoms with van der Waals surface area (Å²) in [5, 5.41) is 0. The number of likely N-dealkylation sites (N-methyl/N-ethyl adjacent to an activating group) is 1. The van der Waals surface area contributed by atoms with Gasteiger partial charge < -0.3 is 14.4 Å². The number of likely N-dealkylation sites (tertiary alicyclic amines) is 1. The summed E-state index contributed by atoms with van der Waals surface area (Å²) in [5.41, 5.74) is -0.438. The molecule has 174 valence electrons. The standard InChI is InChI=1S/C25H27FN2O5/c1-27(16-18-13-17-7-3-6-10-21(17)33-18)22(29)14-25(19-8-4-5-9-20(19)26)15-23(30)28(24(25)31)11-12-32-2/h3-10,18H,11-16H2,1-2H3/t18-,25-/m0/s1. The van der Waals surface area contributed by atoms with Gasteiger partial charge >= 0.3 is 0 Å². The minimum absolute atomic E-state index is 0.0581. The first-order valence-corrected chi connectivity index (χ1v) is 10.9. The van der Waals surface area contributed by atoms with E-state index in [4.69, 9.17) is 9.47 Å². The molecule has 0 N–H and O–H groups in total. The molecule has 2 atom stereocenters. The minimum Gasteiger partial charge on any atom is -0.488 e. The van der Waals surface area contributed by atoms with Gasteiger partial charge in [-0.25, -0.2) is 4.39 Å². The molecule has 1 saturated heterocycles. The Morgan fingerprint density at radius 3 is 2.67 bits per heavy atom. The van der Waals surface area contributed by atoms with E-state index < -0.39 is 23.0 Å². The summed E-state index contributed by atoms with van der Waals surface area (Å²) < 4.78 is 25.8. The van der Waals surface area contributed by atoms with Gasteiger partial charge in [-0.05, 0) is 17.7 Å². The van der Waals surface area contributed by atoms with Crippen LogP contribution >= 0.6 is 0 Å². The zero-order chi connectivity index (χ0) is 23.6. The second-order valence-corrected chi connectivity index (χ2v) is 8.58. The van der Waals surface area contributed by atoms with Crippen LogP contribution < -0.4 is 4.74 Å². The molecule has 8 heteroatoms. The number of imide groups is 1. The van der Waals surface area contributed by atoms with E-state index in [9.17, 15) is 18.8 Å². The number of fused-ring (bicyclic) bond motifs is 1. The minimum atomic E-state index is -1.58. The van der Waals surface area contributed by atoms with Crippen molar-refractivity contribution in [1.29, 1.82) is 0 Å². The van der Waals surface area contributed by atoms with Crippen molar-refractivity contribution in [2.75, 3.05) is 33.9 Å². The lowest BCUT2D eigenvalue weighted by Gasteiger charge is -2.30. The van der Waals surface area contributed by atoms with Gasteiger partial charge in [0.25, 0.3) is 0 Å². The van der Waals surface area contributed by atoms with Gasteiger partial charge in [0.1, 0.15) is 17.7 Å². The van der Waals surface area contributed by atoms with Crippen LogP contribution in [0.1, 0.15) is 24.0 Å². The molecule has 0 saturated carbocycles. The van der Waals surface area contributed by atoms with Crippen LogP contribution in [0.5, 0.6) is 5.75 Å². The molecule has 2 aliphatic rings. The number of ether oxygens (including phenoxy) is 2. The van der Waals surface area contributed by atoms with Crippen LogP contribution in [0.15, 0.2) is 48.5 Å². The fourth-order valence-electron chi connectivity index (χ4n) is 4.66. The average Bonchev–Trinajstić information content (AvgIpc) is 3.30. The summed E-state index contributed by atoms with van der Waals surface area (Å²) in [5.74, 6) is -1.17. The first kappa shape index (κ1) is 22.9. The summed E-state index contributed by atoms with van der Waals surface area (Å²) in [6.45, 7) is 0.539. The normalized spacial score (nSPS) is 21.8. The lowest BCUT2D eigenvalue weighted by Crippen LogP contribution is -2.45. The Balaban J connectivity index is 1.55. The average molecular weight is 454 g/mol. The quantitative estimate of drug-likeness (QED) is 0.573. The highest BCUT2D eigenvalue weighted by molar-refractivity contribution is 6.10. The highest BCUT2D eigenvalue weighted by Gasteiger charge is 2.55. The third-order valence-corrected chi connectivity index (χ3v) is 6.39. The fourth-order valence-corrected chi connectivity index (χ4v) is 4.66. The van der Waals surface area contributed by atoms with Crippen molar-refractivity contribution in [3.8, 4) is 5.75 Å². The third kappa shape index (κ3) is 4.35. The number of rotatable bonds is 8. The lowest BCUT2D eigenvalue weighted by atomic mass is 9.75. The predicted octanol–water partition coefficient (Wildman–Crippen LogP) is 2.32. The molecule has 0 spiro atoms. The van der Waals surface area contributed by atoms with Crippen LogP contribution in [0.3, 0.4) is 0 Å². The smallest absolute Gasteiger partial charge is 0.241 e. The van der Waals surface area contributed by atoms with Crippen molar-refractivity contribution < 1.29 is 28.2 Å². The molecular formula is C25H27FN2O5. The van der Waals surface area contributed by atoms with E-state index in [0.717, 1.165) is 16.2 Å². The van der Waals surface area contributed by atoms with Gasteiger partial charge in [0, 0.05) is 39.0 Å². The Bertz CT molecular complexity index is 1050. The molecule has 0 bridgehead atoms. The van der Waals surface area contributed by atoms with Gasteiger partial charge in [-0.2, -0.15) is 0 Å². The highest BCUT2D eigenvalue weighted by atomic mass is 19.1. The number of amides is 3. The van der Waals surface area contributed by atoms with Gasteiger partial charge in [-0.15, -0.1) is 0 Å². The maximum Gasteiger partial charge on any atom is 0.241 e. The van der Waals surface area contributed by atoms with Gasteiger partial charge in [-0.3, -0.25) is 19.3 Å². The highest BCUT2D eigenvalue weighted by Crippen LogP contribution is 2.41. The van der Waals surface area contributed by atoms with E-state index in [1.54, 1.807) is 13.1 Å². The van der Waals surface area contributed by atoms with Crippen molar-refractivity contribution in [3.05, 3.63) is 65.5 Å². The number of hydrogen-bond donors (Lipinski definition) is 0. The Hall–Kier alpha value is -3.26. The largest absolute Gasteiger partial charge is 0.488 e. The number of nitrogens with zero attached hydrogens (tertiary/aromatic N) is 2. The molecule has 4 rings (SSSR count). The summed E-state index contributed by atoms with van der Waals surface area (Å²) >= 11 is 0. The van der Waals surface area contributed by atoms with E-state index in [0.29, 0.717) is 13.0 Å². The number of methoxy groups -OCH3 is 1. The van der Waals surface area contributed by atoms with E-state index in [-0.39, 0.29) is 43.6 Å². The number of halogens is 1. The molecule has 0 unspecified atom stereocenters. The number of carbonyl (C=O) groups excluding carboxylic acids is 3. The van der Waals surface area contributed by atoms with Crippen LogP contribution in [0, 0.1) is 5.82 Å². The van der Waals surface area contributed by atoms with Gasteiger partial charge in [0.15, 0.2) is 0 Å². The van der Waals surface area contributed by atoms with E-state index >= 15 is 0 Å². The second-order valence-electron chi connectivity index (χ2n) is 8.58. The van der Waals surface area contributed by atoms with Crippen LogP contribution in [-0.4, -0.2) is 67.5 Å². The molecule has 1 fully saturated rings. The molecule has 2 aromatic rings. The molecule has 3 amide bonds. The molecule has 2 aliphatic heterocycles. The van der Waals surface area contributed by atoms with Crippen LogP contribution in [0.25, 0.3) is 0 Å². The van der Waals surface area contributed by atoms with E-state index in [1.165, 1.54) is 30.2 Å². The summed E-state index contributed by atoms with van der Waals surface area (Å²) in [6, 6.07) is 13.5. The first-order chi connectivity index (χ1) is 15.9. The van der Waals surface area contributed by atoms with Crippen molar-refractivity contribution in [2.24, 2.45) is 0 Å². The van der Waals surface area contributed by atoms with Crippen molar-refractivity contribution >= 4 is 17.7 Å². The first-order valence-electron chi connectivity index (χ1n) is 10.9. The van der Waals surface area contributed by atoms with Crippen molar-refractivity contribution in [2.45, 2.75) is 30.8 Å². The lowest BCUT2D eigenvalue weighted by molar-refractivity contribution is -0.143. The third-order valence-electron chi connectivity index (χ3n) is 6.39. The van der Waals surface area contributed by atoms with Gasteiger partial charge in [0.05, 0.1) is 25.1 Å². The fraction of sp³-hybridized carbons (Fsp3) is 0.400. The molecule has 0 aromatic heterocycles. The number of para-hydroxylation sites is 1. The summed E-state index contributed by atoms with van der Waals surface area (Å²) in [6.07, 6.45) is -0.103. The maximum absolute atomic E-state index is 14.8. The predicted molar refractivity (Wildman–Crippen MR) is 118 cm³/mol. The summed E-state index contributed by atoms with van der Waals surface area (Å²) in [4.78, 5) is 42.0. The zero-order valence-electron chi connectivity index (χ0n) is 18.8. The number of hydrogen-bond acceptors (Lipinski definition) is 5. The Kier molecular flexibility index (Phi) is 6.47. The van der Waals surface area contributed by atoms with E-state index in [1.807, 2.05) is 24.3 Å². The summed E-state index contributed by atoms with van der Waals surface area (Å²) in [7, 11) is 3.10. The Morgan fingerprint density at radius 1 is 1.21 bits per heavy atom. The molecule has 7 nitrogen and oxygen atoms in total. The SMILES string of the molecule is COCCN1C(=O)C[C@@](CC(=O)N(C)C[C@@H]2Cc3ccccc3O2)(c2ccccc2F)C1=O. The van der Waals surface area contributed by atoms with Crippen molar-refractivity contribution in [1.82, 2.24) is 9.80 Å². The van der Waals surface area contributed by atoms with Gasteiger partial charge in [-0.1, -0.05) is 36.4 Å². The molecule has 33 heavy (non-hydrogen) atoms. The monoisotopic (exact) mass is 454 g/mol. The Morgan fingerprint density at radius 2 is 1.94 bits per heavy atom. The number of carbonyl (C=O) groups is 3. The van der Waals surface area contributed by atoms with Crippen LogP contribution in [0.2, 0.25) is 0 Å². The molecule has 2 aromatic carbocycles. The zero-order valence-corrected chi connectivity index (χ0v) is 18.8. The van der Waals surface area contributed by atoms with E-state index in [2.05, 4.69) is 0 Å². The Labute approximate surface area is 192 Å². The molecule has 2 heterocycles. The maximum atomic E-state index is 14.8.